The van der Waals surface area contributed by atoms with E-state index in [0.29, 0.717) is 62.7 Å². The van der Waals surface area contributed by atoms with Crippen LogP contribution in [-0.4, -0.2) is 273 Å². The number of Topliss-reactive ketones (excluding diaryl/α,β-unsaturated/α-hetero) is 8. The average Bonchev–Trinajstić information content (AvgIpc) is 0.834. The van der Waals surface area contributed by atoms with Gasteiger partial charge in [-0.3, -0.25) is 91.1 Å². The number of amides is 8. The van der Waals surface area contributed by atoms with Gasteiger partial charge in [0.1, 0.15) is 35.2 Å². The molecule has 0 spiro atoms. The SMILES string of the molecule is CC[C@H](C)[C@H](NC(=O)[C@H](CO)CC(=O)[C@H](Cc1ccc(O)cc1)NC(=O)[C@H](CC(=O)O)CC(=O)[C@H](CO)NC(=O)[C@@H](CC(=O)[C@H](Cc1ccccc1)NC(=O)[C@@H](CC(=O)CNC(=O)[C@H](CCC(=O)O)CC(=O)CSCC(=O)CCCN1CCC[C@H](O)C1=O)[C@@H](C)O)[C@@H](C)O)C(=O)C[C@@H](Cc1ccc(O)cc1)C(=O)N[C@@H](CC(C)C)C(=O)C[C@@H](CC(=O)O)C(=O)N[C@H](C)CCCCN. The Labute approximate surface area is 771 Å². The minimum absolute atomic E-state index is 0.0243. The van der Waals surface area contributed by atoms with Crippen LogP contribution >= 0.6 is 11.8 Å². The van der Waals surface area contributed by atoms with Crippen molar-refractivity contribution in [2.75, 3.05) is 50.9 Å². The van der Waals surface area contributed by atoms with E-state index in [1.54, 1.807) is 65.0 Å². The number of piperidine rings is 1. The summed E-state index contributed by atoms with van der Waals surface area (Å²) in [5.74, 6) is -30.4. The van der Waals surface area contributed by atoms with Gasteiger partial charge in [0.05, 0.1) is 110 Å². The summed E-state index contributed by atoms with van der Waals surface area (Å²) in [5, 5.41) is 121. The van der Waals surface area contributed by atoms with Crippen molar-refractivity contribution in [3.05, 3.63) is 95.6 Å². The zero-order valence-electron chi connectivity index (χ0n) is 76.0. The average molecular weight is 1870 g/mol. The predicted octanol–water partition coefficient (Wildman–Crippen LogP) is 2.05. The van der Waals surface area contributed by atoms with Crippen molar-refractivity contribution < 1.29 is 142 Å². The predicted molar refractivity (Wildman–Crippen MR) is 480 cm³/mol. The highest BCUT2D eigenvalue weighted by Crippen LogP contribution is 2.27. The number of phenols is 2. The molecule has 19 N–H and O–H groups in total. The van der Waals surface area contributed by atoms with Gasteiger partial charge >= 0.3 is 17.9 Å². The fraction of sp³-hybridized carbons (Fsp3) is 0.602. The molecule has 0 saturated carbocycles. The number of likely N-dealkylation sites (tertiary alicyclic amines) is 1. The first kappa shape index (κ1) is 113. The van der Waals surface area contributed by atoms with Crippen molar-refractivity contribution >= 4 is 123 Å². The lowest BCUT2D eigenvalue weighted by Crippen LogP contribution is -2.52. The second-order valence-electron chi connectivity index (χ2n) is 34.7. The van der Waals surface area contributed by atoms with Gasteiger partial charge in [-0.05, 0) is 144 Å². The fourth-order valence-corrected chi connectivity index (χ4v) is 16.0. The number of aliphatic hydroxyl groups excluding tert-OH is 5. The molecule has 38 nitrogen and oxygen atoms in total. The third kappa shape index (κ3) is 41.4. The highest BCUT2D eigenvalue weighted by Gasteiger charge is 2.41. The van der Waals surface area contributed by atoms with Crippen LogP contribution in [0, 0.1) is 53.3 Å². The number of aliphatic carboxylic acids is 3. The molecule has 0 radical (unpaired) electrons. The first-order valence-corrected chi connectivity index (χ1v) is 45.9. The van der Waals surface area contributed by atoms with Crippen molar-refractivity contribution in [2.24, 2.45) is 59.0 Å². The van der Waals surface area contributed by atoms with Gasteiger partial charge in [-0.25, -0.2) is 0 Å². The number of nitrogens with zero attached hydrogens (tertiary/aromatic N) is 1. The number of nitrogens with two attached hydrogens (primary N) is 1. The quantitative estimate of drug-likeness (QED) is 0.0360. The summed E-state index contributed by atoms with van der Waals surface area (Å²) in [6, 6.07) is 10.4. The van der Waals surface area contributed by atoms with Gasteiger partial charge in [-0.1, -0.05) is 95.1 Å². The van der Waals surface area contributed by atoms with Crippen LogP contribution in [0.25, 0.3) is 0 Å². The van der Waals surface area contributed by atoms with Crippen molar-refractivity contribution in [3.63, 3.8) is 0 Å². The molecule has 1 saturated heterocycles. The third-order valence-corrected chi connectivity index (χ3v) is 24.1. The Morgan fingerprint density at radius 1 is 0.462 bits per heavy atom. The number of carboxylic acid groups (broad SMARTS) is 3. The number of carbonyl (C=O) groups excluding carboxylic acids is 16. The number of unbranched alkanes of at least 4 members (excludes halogenated alkanes) is 1. The summed E-state index contributed by atoms with van der Waals surface area (Å²) >= 11 is 0.970. The largest absolute Gasteiger partial charge is 0.508 e. The van der Waals surface area contributed by atoms with E-state index in [1.807, 2.05) is 0 Å². The fourth-order valence-electron chi connectivity index (χ4n) is 15.2. The van der Waals surface area contributed by atoms with E-state index in [4.69, 9.17) is 5.73 Å². The molecule has 0 bridgehead atoms. The van der Waals surface area contributed by atoms with E-state index in [0.717, 1.165) is 25.6 Å². The van der Waals surface area contributed by atoms with Gasteiger partial charge < -0.3 is 98.9 Å². The third-order valence-electron chi connectivity index (χ3n) is 23.1. The second kappa shape index (κ2) is 58.7. The van der Waals surface area contributed by atoms with Crippen molar-refractivity contribution in [3.8, 4) is 11.5 Å². The Balaban J connectivity index is 1.52. The highest BCUT2D eigenvalue weighted by molar-refractivity contribution is 8.00. The molecule has 0 aromatic heterocycles. The molecule has 39 heteroatoms. The number of nitrogens with one attached hydrogen (secondary N) is 7. The zero-order chi connectivity index (χ0) is 98.6. The molecule has 17 atom stereocenters. The van der Waals surface area contributed by atoms with Gasteiger partial charge in [-0.2, -0.15) is 0 Å². The van der Waals surface area contributed by atoms with Crippen LogP contribution < -0.4 is 43.0 Å². The van der Waals surface area contributed by atoms with Crippen molar-refractivity contribution in [2.45, 2.75) is 251 Å². The number of aliphatic hydroxyl groups is 5. The summed E-state index contributed by atoms with van der Waals surface area (Å²) in [6.45, 7) is 8.87. The van der Waals surface area contributed by atoms with E-state index in [9.17, 15) is 142 Å². The van der Waals surface area contributed by atoms with Crippen LogP contribution in [0.2, 0.25) is 0 Å². The number of benzene rings is 3. The molecule has 1 heterocycles. The molecule has 1 fully saturated rings. The number of carbonyl (C=O) groups is 19. The standard InChI is InChI=1S/C93H133N9O29S/c1-8-53(4)85(81(117)41-61(35-58-21-26-65(107)27-22-58)88(126)97-72(34-52(2)3)77(113)39-62(43-83(120)121)87(125)96-54(5)16-12-13-31-94)101-90(128)64(48-103)42-78(114)73(37-59-23-28-66(108)29-24-59)98-89(127)63(44-84(122)123)40-79(115)75(49-104)100-92(130)71(56(7)106)46-80(116)74(36-57-17-10-9-11-18-57)99-91(129)70(55(6)105)45-68(110)47-95-86(124)60(25-30-82(118)119)38-69(111)51-132-50-67(109)19-14-32-102-33-15-20-76(112)93(102)131/h9-11,17-18,21-24,26-29,52-56,60-64,70-76,85,103-108,112H,8,12-16,19-20,25,30-51,94H2,1-7H3,(H,95,124)(H,96,125)(H,97,126)(H,98,127)(H,99,129)(H,100,130)(H,101,128)(H,118,119)(H,120,121)(H,122,123)/t53-,54+,55+,56+,60+,61+,62-,63-,64-,70-,71-,72-,73-,74-,75-,76-,85-/m0/s1. The lowest BCUT2D eigenvalue weighted by molar-refractivity contribution is -0.144. The smallest absolute Gasteiger partial charge is 0.304 e. The number of phenolic OH excluding ortho intramolecular Hbond substituents is 2. The molecule has 1 aliphatic rings. The summed E-state index contributed by atoms with van der Waals surface area (Å²) in [7, 11) is 0. The van der Waals surface area contributed by atoms with Gasteiger partial charge in [0.2, 0.25) is 41.4 Å². The number of ketones is 8. The molecular formula is C93H133N9O29S. The van der Waals surface area contributed by atoms with Crippen LogP contribution in [0.15, 0.2) is 78.9 Å². The lowest BCUT2D eigenvalue weighted by atomic mass is 9.85. The topological polar surface area (TPSA) is 640 Å². The van der Waals surface area contributed by atoms with Gasteiger partial charge in [0, 0.05) is 88.8 Å². The summed E-state index contributed by atoms with van der Waals surface area (Å²) in [4.78, 5) is 261. The van der Waals surface area contributed by atoms with E-state index in [1.165, 1.54) is 53.4 Å². The van der Waals surface area contributed by atoms with Crippen molar-refractivity contribution in [1.29, 1.82) is 0 Å². The molecule has 0 unspecified atom stereocenters. The molecule has 730 valence electrons. The molecule has 1 aliphatic heterocycles. The highest BCUT2D eigenvalue weighted by atomic mass is 32.2. The van der Waals surface area contributed by atoms with E-state index in [2.05, 4.69) is 37.2 Å². The van der Waals surface area contributed by atoms with Gasteiger partial charge in [0.15, 0.2) is 34.7 Å². The number of rotatable bonds is 67. The first-order chi connectivity index (χ1) is 62.4. The van der Waals surface area contributed by atoms with Crippen LogP contribution in [0.1, 0.15) is 194 Å². The Morgan fingerprint density at radius 2 is 0.939 bits per heavy atom. The number of thioether (sulfide) groups is 1. The molecule has 0 aliphatic carbocycles. The minimum Gasteiger partial charge on any atom is -0.508 e. The zero-order valence-corrected chi connectivity index (χ0v) is 76.8. The number of hydrogen-bond donors (Lipinski definition) is 18. The number of aromatic hydroxyl groups is 2. The lowest BCUT2D eigenvalue weighted by Gasteiger charge is -2.29. The van der Waals surface area contributed by atoms with E-state index in [-0.39, 0.29) is 91.4 Å². The van der Waals surface area contributed by atoms with E-state index >= 15 is 0 Å². The molecular weight excluding hydrogens is 1740 g/mol. The molecule has 8 amide bonds. The maximum atomic E-state index is 14.9. The first-order valence-electron chi connectivity index (χ1n) is 44.7. The summed E-state index contributed by atoms with van der Waals surface area (Å²) < 4.78 is 0. The van der Waals surface area contributed by atoms with Crippen LogP contribution in [0.5, 0.6) is 11.5 Å². The normalized spacial score (nSPS) is 16.3. The van der Waals surface area contributed by atoms with Gasteiger partial charge in [-0.15, -0.1) is 11.8 Å². The van der Waals surface area contributed by atoms with Crippen LogP contribution in [-0.2, 0) is 110 Å². The van der Waals surface area contributed by atoms with Crippen LogP contribution in [0.3, 0.4) is 0 Å². The molecule has 3 aromatic rings. The van der Waals surface area contributed by atoms with Crippen LogP contribution in [0.4, 0.5) is 0 Å². The Morgan fingerprint density at radius 3 is 1.47 bits per heavy atom. The Kier molecular flexibility index (Phi) is 50.4. The van der Waals surface area contributed by atoms with E-state index < -0.39 is 292 Å². The Hall–Kier alpha value is -11.1. The van der Waals surface area contributed by atoms with Gasteiger partial charge in [0.25, 0.3) is 5.91 Å². The second-order valence-corrected chi connectivity index (χ2v) is 35.7. The van der Waals surface area contributed by atoms with Crippen molar-refractivity contribution in [1.82, 2.24) is 42.1 Å². The minimum atomic E-state index is -1.99. The maximum absolute atomic E-state index is 14.9. The number of carboxylic acids is 3. The maximum Gasteiger partial charge on any atom is 0.304 e. The number of hydrogen-bond acceptors (Lipinski definition) is 28. The molecule has 132 heavy (non-hydrogen) atoms. The summed E-state index contributed by atoms with van der Waals surface area (Å²) in [6.07, 6.45) is -9.86. The summed E-state index contributed by atoms with van der Waals surface area (Å²) in [5.41, 5.74) is 6.77. The molecule has 3 aromatic carbocycles. The Bertz CT molecular complexity index is 4380. The molecule has 4 rings (SSSR count). The monoisotopic (exact) mass is 1870 g/mol.